The molecule has 5 aromatic rings. The Morgan fingerprint density at radius 2 is 1.56 bits per heavy atom. The van der Waals surface area contributed by atoms with Gasteiger partial charge in [0.1, 0.15) is 11.4 Å². The Hall–Kier alpha value is -5.11. The van der Waals surface area contributed by atoms with Crippen LogP contribution in [0.4, 0.5) is 16.2 Å². The van der Waals surface area contributed by atoms with Crippen molar-refractivity contribution in [2.75, 3.05) is 0 Å². The molecule has 39 heavy (non-hydrogen) atoms. The number of rotatable bonds is 5. The van der Waals surface area contributed by atoms with Crippen molar-refractivity contribution in [1.29, 1.82) is 0 Å². The third-order valence-electron chi connectivity index (χ3n) is 6.98. The summed E-state index contributed by atoms with van der Waals surface area (Å²) in [5.74, 6) is -0.0702. The first kappa shape index (κ1) is 25.5. The van der Waals surface area contributed by atoms with Crippen molar-refractivity contribution in [2.45, 2.75) is 27.7 Å². The van der Waals surface area contributed by atoms with Gasteiger partial charge in [-0.15, -0.1) is 10.2 Å². The number of carbonyl (C=O) groups is 1. The fourth-order valence-electron chi connectivity index (χ4n) is 4.60. The monoisotopic (exact) mass is 521 g/mol. The van der Waals surface area contributed by atoms with Crippen LogP contribution in [-0.4, -0.2) is 26.0 Å². The predicted octanol–water partition coefficient (Wildman–Crippen LogP) is 8.41. The average molecular weight is 522 g/mol. The molecule has 0 aliphatic rings. The van der Waals surface area contributed by atoms with Crippen LogP contribution in [0.5, 0.6) is 17.4 Å². The third kappa shape index (κ3) is 4.68. The fraction of sp³-hybridized carbons (Fsp3) is 0.129. The molecule has 1 aromatic heterocycles. The minimum Gasteiger partial charge on any atom is -0.505 e. The number of phenolic OH excluding ortho intramolecular Hbond substituents is 1. The van der Waals surface area contributed by atoms with E-state index in [2.05, 4.69) is 10.2 Å². The number of aryl methyl sites for hydroxylation is 4. The molecule has 0 atom stereocenters. The molecule has 8 heteroatoms. The predicted molar refractivity (Wildman–Crippen MR) is 150 cm³/mol. The lowest BCUT2D eigenvalue weighted by molar-refractivity contribution is 0.144. The van der Waals surface area contributed by atoms with Crippen molar-refractivity contribution in [3.05, 3.63) is 95.1 Å². The summed E-state index contributed by atoms with van der Waals surface area (Å²) in [5.41, 5.74) is 7.42. The van der Waals surface area contributed by atoms with E-state index in [0.717, 1.165) is 38.8 Å². The number of aromatic hydroxyl groups is 2. The van der Waals surface area contributed by atoms with E-state index in [0.29, 0.717) is 11.1 Å². The minimum atomic E-state index is -1.43. The molecule has 0 radical (unpaired) electrons. The van der Waals surface area contributed by atoms with Crippen LogP contribution in [0, 0.1) is 27.7 Å². The number of carboxylic acid groups (broad SMARTS) is 1. The van der Waals surface area contributed by atoms with Crippen LogP contribution in [0.2, 0.25) is 0 Å². The number of nitrogens with zero attached hydrogens (tertiary/aromatic N) is 3. The van der Waals surface area contributed by atoms with Crippen LogP contribution in [0.25, 0.3) is 27.7 Å². The number of hydrogen-bond acceptors (Lipinski definition) is 6. The Morgan fingerprint density at radius 1 is 0.821 bits per heavy atom. The number of hydrogen-bond donors (Lipinski definition) is 3. The number of fused-ring (bicyclic) bond motifs is 1. The highest BCUT2D eigenvalue weighted by Crippen LogP contribution is 2.45. The highest BCUT2D eigenvalue weighted by atomic mass is 16.7. The molecular formula is C31H27N3O5. The Balaban J connectivity index is 1.62. The van der Waals surface area contributed by atoms with E-state index in [4.69, 9.17) is 9.84 Å². The number of ether oxygens (including phenoxy) is 1. The van der Waals surface area contributed by atoms with Gasteiger partial charge in [0, 0.05) is 16.6 Å². The normalized spacial score (nSPS) is 11.4. The average Bonchev–Trinajstić information content (AvgIpc) is 3.18. The SMILES string of the molecule is Cc1ccc(-n2c(O)c(N=Nc3cccc(-c4cccc(OC(=O)O)c4)c3O)c3ccc(C)c(C)c32)cc1C. The maximum atomic E-state index is 11.4. The zero-order valence-electron chi connectivity index (χ0n) is 21.9. The molecule has 0 aliphatic carbocycles. The summed E-state index contributed by atoms with van der Waals surface area (Å²) < 4.78 is 6.52. The quantitative estimate of drug-likeness (QED) is 0.122. The molecule has 196 valence electrons. The van der Waals surface area contributed by atoms with Crippen LogP contribution < -0.4 is 4.74 Å². The van der Waals surface area contributed by atoms with E-state index in [-0.39, 0.29) is 28.8 Å². The van der Waals surface area contributed by atoms with E-state index in [9.17, 15) is 15.0 Å². The van der Waals surface area contributed by atoms with Gasteiger partial charge in [-0.25, -0.2) is 4.79 Å². The van der Waals surface area contributed by atoms with Crippen molar-refractivity contribution in [3.63, 3.8) is 0 Å². The van der Waals surface area contributed by atoms with Gasteiger partial charge < -0.3 is 20.1 Å². The van der Waals surface area contributed by atoms with Crippen LogP contribution in [0.3, 0.4) is 0 Å². The summed E-state index contributed by atoms with van der Waals surface area (Å²) in [4.78, 5) is 10.9. The first-order chi connectivity index (χ1) is 18.7. The van der Waals surface area contributed by atoms with Crippen molar-refractivity contribution in [1.82, 2.24) is 4.57 Å². The van der Waals surface area contributed by atoms with Gasteiger partial charge in [-0.3, -0.25) is 4.57 Å². The summed E-state index contributed by atoms with van der Waals surface area (Å²) in [6, 6.07) is 21.3. The number of phenols is 1. The van der Waals surface area contributed by atoms with E-state index in [1.807, 2.05) is 58.0 Å². The number of benzene rings is 4. The number of aromatic nitrogens is 1. The van der Waals surface area contributed by atoms with Gasteiger partial charge in [0.05, 0.1) is 5.52 Å². The Kier molecular flexibility index (Phi) is 6.54. The third-order valence-corrected chi connectivity index (χ3v) is 6.98. The second-order valence-corrected chi connectivity index (χ2v) is 9.45. The van der Waals surface area contributed by atoms with E-state index < -0.39 is 6.16 Å². The minimum absolute atomic E-state index is 0.0557. The Morgan fingerprint density at radius 3 is 2.31 bits per heavy atom. The second-order valence-electron chi connectivity index (χ2n) is 9.45. The molecule has 0 aliphatic heterocycles. The molecule has 3 N–H and O–H groups in total. The maximum absolute atomic E-state index is 11.4. The van der Waals surface area contributed by atoms with Crippen LogP contribution in [-0.2, 0) is 0 Å². The topological polar surface area (TPSA) is 117 Å². The molecule has 4 aromatic carbocycles. The van der Waals surface area contributed by atoms with Crippen molar-refractivity contribution < 1.29 is 24.9 Å². The highest BCUT2D eigenvalue weighted by molar-refractivity contribution is 5.98. The van der Waals surface area contributed by atoms with Gasteiger partial charge in [0.25, 0.3) is 0 Å². The lowest BCUT2D eigenvalue weighted by Gasteiger charge is -2.12. The molecule has 5 rings (SSSR count). The molecule has 0 spiro atoms. The largest absolute Gasteiger partial charge is 0.511 e. The van der Waals surface area contributed by atoms with Crippen molar-refractivity contribution in [2.24, 2.45) is 10.2 Å². The molecule has 1 heterocycles. The van der Waals surface area contributed by atoms with Gasteiger partial charge in [-0.1, -0.05) is 42.5 Å². The van der Waals surface area contributed by atoms with Gasteiger partial charge in [-0.05, 0) is 85.8 Å². The summed E-state index contributed by atoms with van der Waals surface area (Å²) in [7, 11) is 0. The number of para-hydroxylation sites is 1. The van der Waals surface area contributed by atoms with E-state index >= 15 is 0 Å². The first-order valence-corrected chi connectivity index (χ1v) is 12.3. The highest BCUT2D eigenvalue weighted by Gasteiger charge is 2.21. The zero-order chi connectivity index (χ0) is 27.8. The van der Waals surface area contributed by atoms with Crippen LogP contribution in [0.1, 0.15) is 22.3 Å². The molecule has 0 amide bonds. The molecule has 8 nitrogen and oxygen atoms in total. The van der Waals surface area contributed by atoms with Crippen molar-refractivity contribution in [3.8, 4) is 34.2 Å². The number of azo groups is 1. The molecule has 0 saturated carbocycles. The molecular weight excluding hydrogens is 494 g/mol. The van der Waals surface area contributed by atoms with Gasteiger partial charge in [-0.2, -0.15) is 0 Å². The summed E-state index contributed by atoms with van der Waals surface area (Å²) >= 11 is 0. The molecule has 0 fully saturated rings. The maximum Gasteiger partial charge on any atom is 0.511 e. The summed E-state index contributed by atoms with van der Waals surface area (Å²) in [6.45, 7) is 8.09. The smallest absolute Gasteiger partial charge is 0.505 e. The van der Waals surface area contributed by atoms with Gasteiger partial charge in [0.15, 0.2) is 11.4 Å². The lowest BCUT2D eigenvalue weighted by Crippen LogP contribution is -2.02. The molecule has 0 saturated heterocycles. The van der Waals surface area contributed by atoms with Crippen LogP contribution in [0.15, 0.2) is 83.0 Å². The van der Waals surface area contributed by atoms with E-state index in [1.54, 1.807) is 34.9 Å². The van der Waals surface area contributed by atoms with Crippen molar-refractivity contribution >= 4 is 28.4 Å². The standard InChI is InChI=1S/C31H27N3O5/c1-17-11-13-22(15-19(17)3)34-28-20(4)18(2)12-14-25(28)27(30(34)36)33-32-26-10-6-9-24(29(26)35)21-7-5-8-23(16-21)39-31(37)38/h5-16,35-36H,1-4H3,(H,37,38). The molecule has 0 bridgehead atoms. The Labute approximate surface area is 225 Å². The van der Waals surface area contributed by atoms with Gasteiger partial charge >= 0.3 is 6.16 Å². The van der Waals surface area contributed by atoms with Crippen LogP contribution >= 0.6 is 0 Å². The second kappa shape index (κ2) is 9.98. The first-order valence-electron chi connectivity index (χ1n) is 12.3. The lowest BCUT2D eigenvalue weighted by atomic mass is 10.0. The fourth-order valence-corrected chi connectivity index (χ4v) is 4.60. The molecule has 0 unspecified atom stereocenters. The zero-order valence-corrected chi connectivity index (χ0v) is 21.9. The Bertz CT molecular complexity index is 1790. The van der Waals surface area contributed by atoms with E-state index in [1.165, 1.54) is 12.1 Å². The van der Waals surface area contributed by atoms with Gasteiger partial charge in [0.2, 0.25) is 5.88 Å². The summed E-state index contributed by atoms with van der Waals surface area (Å²) in [5, 5.41) is 40.8. The summed E-state index contributed by atoms with van der Waals surface area (Å²) in [6.07, 6.45) is -1.43.